The molecule has 3 heteroatoms. The van der Waals surface area contributed by atoms with Crippen LogP contribution in [-0.2, 0) is 4.79 Å². The topological polar surface area (TPSA) is 37.3 Å². The Balaban J connectivity index is 2.92. The molecule has 1 aliphatic carbocycles. The van der Waals surface area contributed by atoms with Crippen molar-refractivity contribution < 1.29 is 9.90 Å². The monoisotopic (exact) mass is 230 g/mol. The summed E-state index contributed by atoms with van der Waals surface area (Å²) in [7, 11) is 0. The second-order valence-corrected chi connectivity index (χ2v) is 7.23. The summed E-state index contributed by atoms with van der Waals surface area (Å²) in [6, 6.07) is 0. The van der Waals surface area contributed by atoms with E-state index >= 15 is 0 Å². The average Bonchev–Trinajstić information content (AvgIpc) is 1.99. The van der Waals surface area contributed by atoms with Gasteiger partial charge < -0.3 is 5.11 Å². The van der Waals surface area contributed by atoms with Crippen LogP contribution < -0.4 is 0 Å². The summed E-state index contributed by atoms with van der Waals surface area (Å²) in [6.07, 6.45) is 2.77. The molecule has 1 aliphatic rings. The Morgan fingerprint density at radius 3 is 2.47 bits per heavy atom. The van der Waals surface area contributed by atoms with Crippen LogP contribution in [0.15, 0.2) is 0 Å². The van der Waals surface area contributed by atoms with Crippen LogP contribution in [-0.4, -0.2) is 21.6 Å². The molecule has 0 radical (unpaired) electrons. The summed E-state index contributed by atoms with van der Waals surface area (Å²) in [6.45, 7) is 8.60. The standard InChI is InChI=1S/C12H22O2S/c1-5-15-12(10(13)14)7-9(2)6-11(3,4)8-12/h9H,5-8H2,1-4H3,(H,13,14). The first-order valence-corrected chi connectivity index (χ1v) is 6.67. The predicted molar refractivity (Wildman–Crippen MR) is 65.3 cm³/mol. The Kier molecular flexibility index (Phi) is 3.75. The molecule has 0 heterocycles. The van der Waals surface area contributed by atoms with Crippen molar-refractivity contribution in [3.05, 3.63) is 0 Å². The number of carboxylic acids is 1. The van der Waals surface area contributed by atoms with Gasteiger partial charge in [-0.15, -0.1) is 11.8 Å². The SMILES string of the molecule is CCSC1(C(=O)O)CC(C)CC(C)(C)C1. The van der Waals surface area contributed by atoms with Crippen LogP contribution in [0.1, 0.15) is 47.0 Å². The molecule has 0 aromatic carbocycles. The minimum absolute atomic E-state index is 0.165. The minimum Gasteiger partial charge on any atom is -0.480 e. The van der Waals surface area contributed by atoms with E-state index in [-0.39, 0.29) is 5.41 Å². The van der Waals surface area contributed by atoms with E-state index < -0.39 is 10.7 Å². The number of hydrogen-bond acceptors (Lipinski definition) is 2. The number of carbonyl (C=O) groups is 1. The van der Waals surface area contributed by atoms with Crippen molar-refractivity contribution in [2.24, 2.45) is 11.3 Å². The molecule has 0 amide bonds. The van der Waals surface area contributed by atoms with E-state index in [1.807, 2.05) is 6.92 Å². The average molecular weight is 230 g/mol. The molecule has 1 N–H and O–H groups in total. The number of hydrogen-bond donors (Lipinski definition) is 1. The molecule has 88 valence electrons. The van der Waals surface area contributed by atoms with Crippen LogP contribution in [0.3, 0.4) is 0 Å². The van der Waals surface area contributed by atoms with Crippen molar-refractivity contribution >= 4 is 17.7 Å². The normalized spacial score (nSPS) is 35.1. The molecule has 0 saturated heterocycles. The zero-order chi connectivity index (χ0) is 11.7. The van der Waals surface area contributed by atoms with Crippen LogP contribution in [0.4, 0.5) is 0 Å². The highest BCUT2D eigenvalue weighted by molar-refractivity contribution is 8.01. The zero-order valence-corrected chi connectivity index (χ0v) is 11.0. The van der Waals surface area contributed by atoms with Gasteiger partial charge in [-0.3, -0.25) is 4.79 Å². The lowest BCUT2D eigenvalue weighted by molar-refractivity contribution is -0.142. The van der Waals surface area contributed by atoms with Gasteiger partial charge in [-0.1, -0.05) is 27.7 Å². The maximum atomic E-state index is 11.5. The lowest BCUT2D eigenvalue weighted by atomic mass is 9.67. The van der Waals surface area contributed by atoms with Crippen molar-refractivity contribution in [2.75, 3.05) is 5.75 Å². The quantitative estimate of drug-likeness (QED) is 0.807. The summed E-state index contributed by atoms with van der Waals surface area (Å²) in [5.41, 5.74) is 0.165. The molecule has 1 rings (SSSR count). The van der Waals surface area contributed by atoms with E-state index in [0.29, 0.717) is 5.92 Å². The van der Waals surface area contributed by atoms with E-state index in [9.17, 15) is 9.90 Å². The number of carboxylic acid groups (broad SMARTS) is 1. The fraction of sp³-hybridized carbons (Fsp3) is 0.917. The molecule has 2 atom stereocenters. The van der Waals surface area contributed by atoms with Gasteiger partial charge in [0.1, 0.15) is 4.75 Å². The highest BCUT2D eigenvalue weighted by atomic mass is 32.2. The van der Waals surface area contributed by atoms with Crippen molar-refractivity contribution in [1.29, 1.82) is 0 Å². The van der Waals surface area contributed by atoms with Gasteiger partial charge in [0.2, 0.25) is 0 Å². The van der Waals surface area contributed by atoms with Crippen molar-refractivity contribution in [3.63, 3.8) is 0 Å². The van der Waals surface area contributed by atoms with E-state index in [4.69, 9.17) is 0 Å². The lowest BCUT2D eigenvalue weighted by Gasteiger charge is -2.44. The fourth-order valence-electron chi connectivity index (χ4n) is 3.11. The van der Waals surface area contributed by atoms with Crippen LogP contribution in [0.5, 0.6) is 0 Å². The van der Waals surface area contributed by atoms with Gasteiger partial charge >= 0.3 is 5.97 Å². The van der Waals surface area contributed by atoms with Crippen molar-refractivity contribution in [3.8, 4) is 0 Å². The van der Waals surface area contributed by atoms with Crippen LogP contribution in [0, 0.1) is 11.3 Å². The smallest absolute Gasteiger partial charge is 0.319 e. The van der Waals surface area contributed by atoms with Crippen LogP contribution in [0.2, 0.25) is 0 Å². The van der Waals surface area contributed by atoms with Gasteiger partial charge in [0.25, 0.3) is 0 Å². The van der Waals surface area contributed by atoms with Crippen molar-refractivity contribution in [2.45, 2.75) is 51.7 Å². The highest BCUT2D eigenvalue weighted by Crippen LogP contribution is 2.50. The van der Waals surface area contributed by atoms with Gasteiger partial charge in [0.05, 0.1) is 0 Å². The van der Waals surface area contributed by atoms with E-state index in [0.717, 1.165) is 25.0 Å². The third-order valence-corrected chi connectivity index (χ3v) is 4.48. The third-order valence-electron chi connectivity index (χ3n) is 3.15. The summed E-state index contributed by atoms with van der Waals surface area (Å²) in [5.74, 6) is 0.785. The lowest BCUT2D eigenvalue weighted by Crippen LogP contribution is -2.45. The molecule has 2 unspecified atom stereocenters. The molecule has 0 spiro atoms. The third kappa shape index (κ3) is 2.90. The Hall–Kier alpha value is -0.180. The summed E-state index contributed by atoms with van der Waals surface area (Å²) in [5, 5.41) is 9.45. The maximum absolute atomic E-state index is 11.5. The molecular weight excluding hydrogens is 208 g/mol. The number of aliphatic carboxylic acids is 1. The zero-order valence-electron chi connectivity index (χ0n) is 10.2. The largest absolute Gasteiger partial charge is 0.480 e. The first kappa shape index (κ1) is 12.9. The summed E-state index contributed by atoms with van der Waals surface area (Å²) in [4.78, 5) is 11.5. The number of thioether (sulfide) groups is 1. The molecular formula is C12H22O2S. The molecule has 0 aromatic heterocycles. The first-order chi connectivity index (χ1) is 6.81. The molecule has 15 heavy (non-hydrogen) atoms. The molecule has 0 aliphatic heterocycles. The molecule has 0 aromatic rings. The van der Waals surface area contributed by atoms with Gasteiger partial charge in [-0.25, -0.2) is 0 Å². The van der Waals surface area contributed by atoms with Gasteiger partial charge in [0.15, 0.2) is 0 Å². The van der Waals surface area contributed by atoms with Gasteiger partial charge in [0, 0.05) is 0 Å². The predicted octanol–water partition coefficient (Wildman–Crippen LogP) is 3.41. The Bertz CT molecular complexity index is 250. The summed E-state index contributed by atoms with van der Waals surface area (Å²) >= 11 is 1.61. The first-order valence-electron chi connectivity index (χ1n) is 5.69. The van der Waals surface area contributed by atoms with Gasteiger partial charge in [-0.2, -0.15) is 0 Å². The Morgan fingerprint density at radius 2 is 2.07 bits per heavy atom. The summed E-state index contributed by atoms with van der Waals surface area (Å²) < 4.78 is -0.532. The Morgan fingerprint density at radius 1 is 1.47 bits per heavy atom. The fourth-order valence-corrected chi connectivity index (χ4v) is 4.68. The van der Waals surface area contributed by atoms with Crippen molar-refractivity contribution in [1.82, 2.24) is 0 Å². The van der Waals surface area contributed by atoms with Crippen LogP contribution in [0.25, 0.3) is 0 Å². The van der Waals surface area contributed by atoms with Crippen LogP contribution >= 0.6 is 11.8 Å². The van der Waals surface area contributed by atoms with E-state index in [1.165, 1.54) is 0 Å². The maximum Gasteiger partial charge on any atom is 0.319 e. The van der Waals surface area contributed by atoms with E-state index in [2.05, 4.69) is 20.8 Å². The molecule has 0 bridgehead atoms. The second-order valence-electron chi connectivity index (χ2n) is 5.59. The molecule has 1 saturated carbocycles. The molecule has 2 nitrogen and oxygen atoms in total. The van der Waals surface area contributed by atoms with E-state index in [1.54, 1.807) is 11.8 Å². The number of rotatable bonds is 3. The molecule has 1 fully saturated rings. The Labute approximate surface area is 96.8 Å². The van der Waals surface area contributed by atoms with Gasteiger partial charge in [-0.05, 0) is 36.3 Å². The second kappa shape index (κ2) is 4.36. The minimum atomic E-state index is -0.617. The highest BCUT2D eigenvalue weighted by Gasteiger charge is 2.48.